The average molecular weight is 820 g/mol. The second-order valence-corrected chi connectivity index (χ2v) is 14.4. The van der Waals surface area contributed by atoms with E-state index < -0.39 is 0 Å². The minimum atomic E-state index is 0.0898. The number of imidazole rings is 1. The molecule has 7 aromatic rings. The molecule has 0 bridgehead atoms. The van der Waals surface area contributed by atoms with Crippen LogP contribution < -0.4 is 9.64 Å². The van der Waals surface area contributed by atoms with Crippen molar-refractivity contribution in [2.75, 3.05) is 11.4 Å². The van der Waals surface area contributed by atoms with Gasteiger partial charge in [0.15, 0.2) is 0 Å². The summed E-state index contributed by atoms with van der Waals surface area (Å²) in [6, 6.07) is 49.6. The molecule has 6 heteroatoms. The summed E-state index contributed by atoms with van der Waals surface area (Å²) in [5, 5.41) is 0. The van der Waals surface area contributed by atoms with Crippen LogP contribution in [-0.2, 0) is 31.2 Å². The van der Waals surface area contributed by atoms with E-state index >= 15 is 0 Å². The van der Waals surface area contributed by atoms with Crippen molar-refractivity contribution in [1.82, 2.24) is 14.1 Å². The van der Waals surface area contributed by atoms with Crippen molar-refractivity contribution in [2.24, 2.45) is 0 Å². The van der Waals surface area contributed by atoms with Crippen molar-refractivity contribution < 1.29 is 24.1 Å². The Morgan fingerprint density at radius 2 is 1.49 bits per heavy atom. The SMILES string of the molecule is CC(C)(C)c1ccc(-n2[c](=[Pt])n(-c3[c-]c(Oc4[c-]c5c(cc4-c4ccccc4)CCCN5c4ccccn4)ccc3)c3ccccc32)cc1. The van der Waals surface area contributed by atoms with Gasteiger partial charge in [-0.05, 0) is 6.07 Å². The predicted molar refractivity (Wildman–Crippen MR) is 194 cm³/mol. The van der Waals surface area contributed by atoms with Crippen LogP contribution in [-0.4, -0.2) is 20.7 Å². The van der Waals surface area contributed by atoms with Gasteiger partial charge >= 0.3 is 281 Å². The number of hydrogen-bond acceptors (Lipinski definition) is 3. The topological polar surface area (TPSA) is 35.2 Å². The predicted octanol–water partition coefficient (Wildman–Crippen LogP) is 10.3. The molecule has 5 aromatic carbocycles. The number of fused-ring (bicyclic) bond motifs is 2. The van der Waals surface area contributed by atoms with Crippen molar-refractivity contribution in [3.63, 3.8) is 0 Å². The fourth-order valence-electron chi connectivity index (χ4n) is 6.62. The molecule has 0 fully saturated rings. The standard InChI is InChI=1S/C43H36N4O.Pt/c1-43(2,3)33-21-23-34(24-22-33)46-30-47(39-19-8-7-18-38(39)46)35-16-11-17-36(28-35)48-41-29-40-32(27-37(41)31-13-5-4-6-14-31)15-12-26-45(40)42-20-9-10-25-44-42;/h4-11,13-14,16-25,27H,12,15,26H2,1-3H3;/q-2;. The van der Waals surface area contributed by atoms with E-state index in [2.05, 4.69) is 162 Å². The van der Waals surface area contributed by atoms with Crippen LogP contribution in [0.1, 0.15) is 38.3 Å². The second-order valence-electron chi connectivity index (χ2n) is 13.4. The van der Waals surface area contributed by atoms with Crippen LogP contribution in [0, 0.1) is 15.9 Å². The molecule has 0 saturated carbocycles. The first kappa shape index (κ1) is 31.3. The molecule has 0 unspecified atom stereocenters. The molecule has 49 heavy (non-hydrogen) atoms. The van der Waals surface area contributed by atoms with E-state index in [0.29, 0.717) is 11.5 Å². The maximum atomic E-state index is 6.78. The Morgan fingerprint density at radius 3 is 2.22 bits per heavy atom. The van der Waals surface area contributed by atoms with Crippen LogP contribution in [0.5, 0.6) is 11.5 Å². The van der Waals surface area contributed by atoms with E-state index in [4.69, 9.17) is 4.74 Å². The molecule has 0 atom stereocenters. The third-order valence-corrected chi connectivity index (χ3v) is 10.1. The monoisotopic (exact) mass is 819 g/mol. The Labute approximate surface area is 298 Å². The quantitative estimate of drug-likeness (QED) is 0.157. The van der Waals surface area contributed by atoms with E-state index in [1.54, 1.807) is 0 Å². The Morgan fingerprint density at radius 1 is 0.755 bits per heavy atom. The molecule has 0 N–H and O–H groups in total. The van der Waals surface area contributed by atoms with Crippen LogP contribution in [0.25, 0.3) is 33.5 Å². The van der Waals surface area contributed by atoms with Crippen molar-refractivity contribution in [3.05, 3.63) is 155 Å². The summed E-state index contributed by atoms with van der Waals surface area (Å²) in [4.78, 5) is 6.92. The van der Waals surface area contributed by atoms with Crippen LogP contribution in [0.4, 0.5) is 11.5 Å². The summed E-state index contributed by atoms with van der Waals surface area (Å²) in [5.41, 5.74) is 10.0. The molecule has 1 aliphatic heterocycles. The summed E-state index contributed by atoms with van der Waals surface area (Å²) in [5.74, 6) is 2.21. The van der Waals surface area contributed by atoms with E-state index in [9.17, 15) is 0 Å². The fourth-order valence-corrected chi connectivity index (χ4v) is 7.74. The van der Waals surface area contributed by atoms with E-state index in [-0.39, 0.29) is 5.41 Å². The normalized spacial score (nSPS) is 13.0. The number of rotatable bonds is 6. The van der Waals surface area contributed by atoms with Gasteiger partial charge in [0.2, 0.25) is 0 Å². The van der Waals surface area contributed by atoms with Gasteiger partial charge in [-0.2, -0.15) is 0 Å². The number of benzene rings is 5. The van der Waals surface area contributed by atoms with Gasteiger partial charge in [0.05, 0.1) is 0 Å². The van der Waals surface area contributed by atoms with E-state index in [1.165, 1.54) is 11.1 Å². The molecule has 246 valence electrons. The molecule has 0 aliphatic carbocycles. The third-order valence-electron chi connectivity index (χ3n) is 9.11. The Balaban J connectivity index is 1.22. The first-order valence-corrected chi connectivity index (χ1v) is 17.8. The first-order valence-electron chi connectivity index (χ1n) is 16.7. The van der Waals surface area contributed by atoms with Crippen molar-refractivity contribution in [3.8, 4) is 34.0 Å². The van der Waals surface area contributed by atoms with Crippen molar-refractivity contribution in [2.45, 2.75) is 39.0 Å². The third kappa shape index (κ3) is 5.98. The van der Waals surface area contributed by atoms with Gasteiger partial charge in [-0.25, -0.2) is 0 Å². The Bertz CT molecular complexity index is 2340. The summed E-state index contributed by atoms with van der Waals surface area (Å²) in [6.07, 6.45) is 3.87. The average Bonchev–Trinajstić information content (AvgIpc) is 3.43. The number of anilines is 2. The second kappa shape index (κ2) is 12.8. The van der Waals surface area contributed by atoms with Gasteiger partial charge < -0.3 is 0 Å². The number of aryl methyl sites for hydroxylation is 1. The van der Waals surface area contributed by atoms with Gasteiger partial charge in [0.25, 0.3) is 0 Å². The molecule has 2 aromatic heterocycles. The van der Waals surface area contributed by atoms with Crippen LogP contribution in [0.15, 0.2) is 128 Å². The van der Waals surface area contributed by atoms with Gasteiger partial charge in [0, 0.05) is 6.20 Å². The molecule has 0 saturated heterocycles. The van der Waals surface area contributed by atoms with Gasteiger partial charge in [-0.15, -0.1) is 0 Å². The molecule has 8 rings (SSSR count). The van der Waals surface area contributed by atoms with Crippen LogP contribution in [0.2, 0.25) is 0 Å². The molecule has 0 radical (unpaired) electrons. The minimum absolute atomic E-state index is 0.0898. The number of hydrogen-bond donors (Lipinski definition) is 0. The fraction of sp³-hybridized carbons (Fsp3) is 0.163. The summed E-state index contributed by atoms with van der Waals surface area (Å²) in [7, 11) is 0. The zero-order valence-electron chi connectivity index (χ0n) is 27.8. The molecule has 1 aliphatic rings. The number of nitrogens with zero attached hydrogens (tertiary/aromatic N) is 4. The van der Waals surface area contributed by atoms with Gasteiger partial charge in [-0.1, -0.05) is 6.07 Å². The number of aromatic nitrogens is 3. The number of para-hydroxylation sites is 2. The molecular weight excluding hydrogens is 784 g/mol. The Kier molecular flexibility index (Phi) is 8.17. The van der Waals surface area contributed by atoms with E-state index in [1.807, 2.05) is 36.5 Å². The van der Waals surface area contributed by atoms with E-state index in [0.717, 1.165) is 68.2 Å². The van der Waals surface area contributed by atoms with Crippen molar-refractivity contribution >= 4 is 22.5 Å². The molecule has 5 nitrogen and oxygen atoms in total. The summed E-state index contributed by atoms with van der Waals surface area (Å²) >= 11 is 2.43. The van der Waals surface area contributed by atoms with Crippen LogP contribution in [0.3, 0.4) is 0 Å². The number of pyridine rings is 1. The van der Waals surface area contributed by atoms with Gasteiger partial charge in [-0.3, -0.25) is 0 Å². The summed E-state index contributed by atoms with van der Waals surface area (Å²) < 4.78 is 12.4. The molecule has 3 heterocycles. The summed E-state index contributed by atoms with van der Waals surface area (Å²) in [6.45, 7) is 7.62. The van der Waals surface area contributed by atoms with Crippen molar-refractivity contribution in [1.29, 1.82) is 0 Å². The zero-order chi connectivity index (χ0) is 33.5. The first-order chi connectivity index (χ1) is 23.8. The Hall–Kier alpha value is -4.99. The molecular formula is C43H36N4OPt-2. The van der Waals surface area contributed by atoms with Gasteiger partial charge in [0.1, 0.15) is 0 Å². The zero-order valence-corrected chi connectivity index (χ0v) is 30.0. The molecule has 0 amide bonds. The van der Waals surface area contributed by atoms with Crippen LogP contribution >= 0.6 is 0 Å². The maximum absolute atomic E-state index is 6.78. The number of ether oxygens (including phenoxy) is 1. The molecule has 0 spiro atoms.